The fourth-order valence-electron chi connectivity index (χ4n) is 4.68. The van der Waals surface area contributed by atoms with Crippen molar-refractivity contribution in [1.82, 2.24) is 19.9 Å². The number of fused-ring (bicyclic) bond motifs is 2. The number of carbonyl (C=O) groups is 1. The summed E-state index contributed by atoms with van der Waals surface area (Å²) in [5, 5.41) is 0. The molecule has 0 aromatic carbocycles. The number of alkyl halides is 3. The molecule has 5 rings (SSSR count). The first kappa shape index (κ1) is 20.5. The molecule has 1 aliphatic carbocycles. The lowest BCUT2D eigenvalue weighted by Gasteiger charge is -2.33. The Morgan fingerprint density at radius 1 is 1.19 bits per heavy atom. The minimum absolute atomic E-state index is 0.128. The molecule has 2 bridgehead atoms. The van der Waals surface area contributed by atoms with Gasteiger partial charge in [-0.1, -0.05) is 0 Å². The van der Waals surface area contributed by atoms with Gasteiger partial charge in [-0.25, -0.2) is 4.98 Å². The molecule has 6 nitrogen and oxygen atoms in total. The van der Waals surface area contributed by atoms with E-state index < -0.39 is 11.7 Å². The molecule has 3 atom stereocenters. The molecule has 2 fully saturated rings. The number of H-pyrrole nitrogens is 1. The number of nitrogens with one attached hydrogen (secondary N) is 1. The van der Waals surface area contributed by atoms with Gasteiger partial charge in [-0.3, -0.25) is 9.78 Å². The van der Waals surface area contributed by atoms with E-state index in [0.29, 0.717) is 12.2 Å². The number of piperidine rings is 1. The van der Waals surface area contributed by atoms with Gasteiger partial charge in [0.2, 0.25) is 5.88 Å². The third-order valence-corrected chi connectivity index (χ3v) is 6.14. The summed E-state index contributed by atoms with van der Waals surface area (Å²) in [7, 11) is 0. The van der Waals surface area contributed by atoms with E-state index in [-0.39, 0.29) is 29.9 Å². The number of nitrogens with zero attached hydrogens (tertiary/aromatic N) is 3. The van der Waals surface area contributed by atoms with Crippen molar-refractivity contribution in [3.05, 3.63) is 65.7 Å². The lowest BCUT2D eigenvalue weighted by Crippen LogP contribution is -2.47. The average Bonchev–Trinajstić information content (AvgIpc) is 3.50. The second kappa shape index (κ2) is 7.65. The molecular weight excluding hydrogens is 421 g/mol. The van der Waals surface area contributed by atoms with Crippen LogP contribution in [0.25, 0.3) is 11.3 Å². The maximum atomic E-state index is 13.5. The summed E-state index contributed by atoms with van der Waals surface area (Å²) in [5.41, 5.74) is 2.05. The maximum absolute atomic E-state index is 13.5. The molecule has 4 heterocycles. The van der Waals surface area contributed by atoms with Crippen LogP contribution < -0.4 is 4.74 Å². The Labute approximate surface area is 182 Å². The Balaban J connectivity index is 1.36. The van der Waals surface area contributed by atoms with Crippen LogP contribution in [0.4, 0.5) is 13.2 Å². The molecule has 0 radical (unpaired) electrons. The SMILES string of the molecule is Cc1cnc(C(=O)N2C[C@H]3C[C@@H](Oc4ccc(C(F)(F)F)cn4)[C@@H]2C3)c(-c2ccc[nH]2)c1. The fourth-order valence-corrected chi connectivity index (χ4v) is 4.68. The van der Waals surface area contributed by atoms with Crippen LogP contribution in [-0.4, -0.2) is 44.4 Å². The molecular formula is C23H21F3N4O2. The second-order valence-corrected chi connectivity index (χ2v) is 8.39. The van der Waals surface area contributed by atoms with Gasteiger partial charge in [0.1, 0.15) is 11.8 Å². The van der Waals surface area contributed by atoms with E-state index in [1.165, 1.54) is 6.07 Å². The molecule has 9 heteroatoms. The Morgan fingerprint density at radius 2 is 2.03 bits per heavy atom. The highest BCUT2D eigenvalue weighted by Gasteiger charge is 2.49. The number of carbonyl (C=O) groups excluding carboxylic acids is 1. The zero-order valence-corrected chi connectivity index (χ0v) is 17.3. The van der Waals surface area contributed by atoms with Crippen molar-refractivity contribution < 1.29 is 22.7 Å². The van der Waals surface area contributed by atoms with Crippen LogP contribution in [0.5, 0.6) is 5.88 Å². The Bertz CT molecular complexity index is 1130. The number of pyridine rings is 2. The fraction of sp³-hybridized carbons (Fsp3) is 0.348. The van der Waals surface area contributed by atoms with E-state index in [2.05, 4.69) is 15.0 Å². The molecule has 0 unspecified atom stereocenters. The first-order valence-corrected chi connectivity index (χ1v) is 10.4. The monoisotopic (exact) mass is 442 g/mol. The van der Waals surface area contributed by atoms with Gasteiger partial charge in [0.15, 0.2) is 0 Å². The molecule has 1 aliphatic heterocycles. The minimum Gasteiger partial charge on any atom is -0.472 e. The molecule has 1 saturated carbocycles. The predicted octanol–water partition coefficient (Wildman–Crippen LogP) is 4.48. The number of aryl methyl sites for hydroxylation is 1. The highest BCUT2D eigenvalue weighted by atomic mass is 19.4. The van der Waals surface area contributed by atoms with E-state index >= 15 is 0 Å². The number of rotatable bonds is 4. The Hall–Kier alpha value is -3.36. The second-order valence-electron chi connectivity index (χ2n) is 8.39. The summed E-state index contributed by atoms with van der Waals surface area (Å²) in [4.78, 5) is 26.6. The summed E-state index contributed by atoms with van der Waals surface area (Å²) >= 11 is 0. The van der Waals surface area contributed by atoms with E-state index in [4.69, 9.17) is 4.74 Å². The standard InChI is InChI=1S/C23H21F3N4O2/c1-13-7-16(17-3-2-6-27-17)21(29-10-13)22(31)30-12-14-8-18(30)19(9-14)32-20-5-4-15(11-28-20)23(24,25)26/h2-7,10-11,14,18-19,27H,8-9,12H2,1H3/t14-,18+,19-/m1/s1. The lowest BCUT2D eigenvalue weighted by atomic mass is 10.0. The van der Waals surface area contributed by atoms with Gasteiger partial charge >= 0.3 is 6.18 Å². The zero-order chi connectivity index (χ0) is 22.5. The van der Waals surface area contributed by atoms with Crippen molar-refractivity contribution in [3.8, 4) is 17.1 Å². The summed E-state index contributed by atoms with van der Waals surface area (Å²) in [6.45, 7) is 2.54. The van der Waals surface area contributed by atoms with E-state index in [1.807, 2.05) is 25.1 Å². The van der Waals surface area contributed by atoms with E-state index in [0.717, 1.165) is 41.9 Å². The molecule has 32 heavy (non-hydrogen) atoms. The third-order valence-electron chi connectivity index (χ3n) is 6.14. The minimum atomic E-state index is -4.45. The summed E-state index contributed by atoms with van der Waals surface area (Å²) in [6, 6.07) is 7.70. The van der Waals surface area contributed by atoms with Crippen LogP contribution in [0.3, 0.4) is 0 Å². The predicted molar refractivity (Wildman–Crippen MR) is 110 cm³/mol. The topological polar surface area (TPSA) is 71.1 Å². The van der Waals surface area contributed by atoms with E-state index in [1.54, 1.807) is 17.3 Å². The molecule has 1 N–H and O–H groups in total. The van der Waals surface area contributed by atoms with E-state index in [9.17, 15) is 18.0 Å². The summed E-state index contributed by atoms with van der Waals surface area (Å²) in [6.07, 6.45) is 1.01. The van der Waals surface area contributed by atoms with Gasteiger partial charge < -0.3 is 14.6 Å². The smallest absolute Gasteiger partial charge is 0.417 e. The lowest BCUT2D eigenvalue weighted by molar-refractivity contribution is -0.137. The first-order valence-electron chi connectivity index (χ1n) is 10.4. The maximum Gasteiger partial charge on any atom is 0.417 e. The van der Waals surface area contributed by atoms with Crippen LogP contribution in [0, 0.1) is 12.8 Å². The quantitative estimate of drug-likeness (QED) is 0.647. The molecule has 2 aliphatic rings. The number of halogens is 3. The number of likely N-dealkylation sites (tertiary alicyclic amines) is 1. The number of hydrogen-bond donors (Lipinski definition) is 1. The van der Waals surface area contributed by atoms with Crippen molar-refractivity contribution in [2.45, 2.75) is 38.1 Å². The number of ether oxygens (including phenoxy) is 1. The van der Waals surface area contributed by atoms with Crippen LogP contribution in [0.1, 0.15) is 34.5 Å². The Morgan fingerprint density at radius 3 is 2.69 bits per heavy atom. The Kier molecular flexibility index (Phi) is 4.91. The summed E-state index contributed by atoms with van der Waals surface area (Å²) < 4.78 is 44.2. The number of aromatic nitrogens is 3. The molecule has 3 aromatic heterocycles. The number of hydrogen-bond acceptors (Lipinski definition) is 4. The highest BCUT2D eigenvalue weighted by molar-refractivity contribution is 5.99. The molecule has 166 valence electrons. The highest BCUT2D eigenvalue weighted by Crippen LogP contribution is 2.41. The van der Waals surface area contributed by atoms with Gasteiger partial charge in [0.25, 0.3) is 5.91 Å². The van der Waals surface area contributed by atoms with Crippen molar-refractivity contribution in [3.63, 3.8) is 0 Å². The normalized spacial score (nSPS) is 22.4. The molecule has 1 saturated heterocycles. The number of amides is 1. The van der Waals surface area contributed by atoms with Crippen LogP contribution in [0.15, 0.2) is 48.9 Å². The van der Waals surface area contributed by atoms with Crippen LogP contribution in [0.2, 0.25) is 0 Å². The summed E-state index contributed by atoms with van der Waals surface area (Å²) in [5.74, 6) is 0.238. The van der Waals surface area contributed by atoms with Gasteiger partial charge in [-0.2, -0.15) is 13.2 Å². The zero-order valence-electron chi connectivity index (χ0n) is 17.3. The van der Waals surface area contributed by atoms with Gasteiger partial charge in [0, 0.05) is 42.5 Å². The van der Waals surface area contributed by atoms with Crippen molar-refractivity contribution in [1.29, 1.82) is 0 Å². The molecule has 1 amide bonds. The average molecular weight is 442 g/mol. The van der Waals surface area contributed by atoms with Crippen LogP contribution >= 0.6 is 0 Å². The van der Waals surface area contributed by atoms with Crippen molar-refractivity contribution in [2.75, 3.05) is 6.54 Å². The third kappa shape index (κ3) is 3.72. The van der Waals surface area contributed by atoms with Crippen molar-refractivity contribution >= 4 is 5.91 Å². The van der Waals surface area contributed by atoms with Crippen LogP contribution in [-0.2, 0) is 6.18 Å². The number of aromatic amines is 1. The first-order chi connectivity index (χ1) is 15.3. The molecule has 3 aromatic rings. The van der Waals surface area contributed by atoms with Gasteiger partial charge in [-0.05, 0) is 55.5 Å². The molecule has 0 spiro atoms. The van der Waals surface area contributed by atoms with Gasteiger partial charge in [0.05, 0.1) is 11.6 Å². The largest absolute Gasteiger partial charge is 0.472 e. The van der Waals surface area contributed by atoms with Crippen molar-refractivity contribution in [2.24, 2.45) is 5.92 Å². The van der Waals surface area contributed by atoms with Gasteiger partial charge in [-0.15, -0.1) is 0 Å².